The van der Waals surface area contributed by atoms with Gasteiger partial charge in [-0.2, -0.15) is 0 Å². The van der Waals surface area contributed by atoms with Crippen molar-refractivity contribution in [3.05, 3.63) is 0 Å². The summed E-state index contributed by atoms with van der Waals surface area (Å²) in [4.78, 5) is 21.6. The van der Waals surface area contributed by atoms with Crippen LogP contribution in [0.3, 0.4) is 0 Å². The predicted octanol–water partition coefficient (Wildman–Crippen LogP) is 0.183. The summed E-state index contributed by atoms with van der Waals surface area (Å²) in [7, 11) is 0. The first-order chi connectivity index (χ1) is 6.81. The number of amides is 2. The van der Waals surface area contributed by atoms with Crippen LogP contribution in [-0.4, -0.2) is 30.6 Å². The molecule has 0 aromatic heterocycles. The van der Waals surface area contributed by atoms with Crippen molar-refractivity contribution >= 4 is 11.8 Å². The van der Waals surface area contributed by atoms with Crippen LogP contribution in [0.1, 0.15) is 33.6 Å². The molecule has 0 unspecified atom stereocenters. The summed E-state index contributed by atoms with van der Waals surface area (Å²) in [5.74, 6) is -0.524. The second-order valence-electron chi connectivity index (χ2n) is 4.32. The van der Waals surface area contributed by atoms with Gasteiger partial charge in [0.05, 0.1) is 5.60 Å². The summed E-state index contributed by atoms with van der Waals surface area (Å²) in [5.41, 5.74) is 4.63. The van der Waals surface area contributed by atoms with Crippen molar-refractivity contribution in [2.24, 2.45) is 5.73 Å². The van der Waals surface area contributed by atoms with Crippen LogP contribution in [0.4, 0.5) is 0 Å². The molecule has 5 heteroatoms. The van der Waals surface area contributed by atoms with E-state index in [1.54, 1.807) is 0 Å². The largest absolute Gasteiger partial charge is 0.370 e. The summed E-state index contributed by atoms with van der Waals surface area (Å²) >= 11 is 0. The molecule has 0 rings (SSSR count). The number of primary amides is 1. The highest BCUT2D eigenvalue weighted by Crippen LogP contribution is 2.05. The van der Waals surface area contributed by atoms with Crippen molar-refractivity contribution in [1.29, 1.82) is 0 Å². The molecule has 0 heterocycles. The van der Waals surface area contributed by atoms with Gasteiger partial charge in [0, 0.05) is 13.0 Å². The SMILES string of the molecule is CC(C)(C)OCC(=O)NCCCC(N)=O. The lowest BCUT2D eigenvalue weighted by atomic mass is 10.2. The fourth-order valence-electron chi connectivity index (χ4n) is 0.824. The van der Waals surface area contributed by atoms with Gasteiger partial charge >= 0.3 is 0 Å². The highest BCUT2D eigenvalue weighted by Gasteiger charge is 2.12. The second kappa shape index (κ2) is 6.40. The highest BCUT2D eigenvalue weighted by molar-refractivity contribution is 5.77. The van der Waals surface area contributed by atoms with E-state index in [-0.39, 0.29) is 24.0 Å². The number of hydrogen-bond donors (Lipinski definition) is 2. The van der Waals surface area contributed by atoms with Crippen LogP contribution in [0.15, 0.2) is 0 Å². The Balaban J connectivity index is 3.46. The highest BCUT2D eigenvalue weighted by atomic mass is 16.5. The molecule has 0 saturated heterocycles. The third-order valence-electron chi connectivity index (χ3n) is 1.56. The van der Waals surface area contributed by atoms with Crippen molar-refractivity contribution in [3.63, 3.8) is 0 Å². The number of carbonyl (C=O) groups excluding carboxylic acids is 2. The van der Waals surface area contributed by atoms with E-state index in [4.69, 9.17) is 10.5 Å². The normalized spacial score (nSPS) is 11.1. The molecule has 5 nitrogen and oxygen atoms in total. The van der Waals surface area contributed by atoms with Crippen LogP contribution in [0.25, 0.3) is 0 Å². The maximum Gasteiger partial charge on any atom is 0.246 e. The van der Waals surface area contributed by atoms with Gasteiger partial charge < -0.3 is 15.8 Å². The number of ether oxygens (including phenoxy) is 1. The number of rotatable bonds is 6. The van der Waals surface area contributed by atoms with E-state index >= 15 is 0 Å². The van der Waals surface area contributed by atoms with Crippen molar-refractivity contribution in [2.75, 3.05) is 13.2 Å². The van der Waals surface area contributed by atoms with Crippen molar-refractivity contribution < 1.29 is 14.3 Å². The minimum Gasteiger partial charge on any atom is -0.370 e. The standard InChI is InChI=1S/C10H20N2O3/c1-10(2,3)15-7-9(14)12-6-4-5-8(11)13/h4-7H2,1-3H3,(H2,11,13)(H,12,14). The smallest absolute Gasteiger partial charge is 0.246 e. The maximum atomic E-state index is 11.2. The second-order valence-corrected chi connectivity index (χ2v) is 4.32. The van der Waals surface area contributed by atoms with Gasteiger partial charge in [0.25, 0.3) is 0 Å². The Morgan fingerprint density at radius 1 is 1.33 bits per heavy atom. The van der Waals surface area contributed by atoms with E-state index in [0.717, 1.165) is 0 Å². The van der Waals surface area contributed by atoms with Crippen molar-refractivity contribution in [3.8, 4) is 0 Å². The van der Waals surface area contributed by atoms with Gasteiger partial charge in [0.1, 0.15) is 6.61 Å². The zero-order chi connectivity index (χ0) is 11.9. The minimum atomic E-state index is -0.352. The Labute approximate surface area is 90.4 Å². The summed E-state index contributed by atoms with van der Waals surface area (Å²) < 4.78 is 5.27. The molecule has 0 aliphatic heterocycles. The zero-order valence-corrected chi connectivity index (χ0v) is 9.63. The first-order valence-corrected chi connectivity index (χ1v) is 5.00. The third-order valence-corrected chi connectivity index (χ3v) is 1.56. The Bertz CT molecular complexity index is 221. The fraction of sp³-hybridized carbons (Fsp3) is 0.800. The Morgan fingerprint density at radius 3 is 2.40 bits per heavy atom. The van der Waals surface area contributed by atoms with Crippen LogP contribution in [0, 0.1) is 0 Å². The topological polar surface area (TPSA) is 81.4 Å². The number of carbonyl (C=O) groups is 2. The van der Waals surface area contributed by atoms with Crippen molar-refractivity contribution in [1.82, 2.24) is 5.32 Å². The van der Waals surface area contributed by atoms with Crippen LogP contribution in [0.2, 0.25) is 0 Å². The molecule has 2 amide bonds. The molecular formula is C10H20N2O3. The van der Waals surface area contributed by atoms with E-state index in [1.165, 1.54) is 0 Å². The van der Waals surface area contributed by atoms with Gasteiger partial charge in [0.2, 0.25) is 11.8 Å². The van der Waals surface area contributed by atoms with E-state index in [0.29, 0.717) is 19.4 Å². The lowest BCUT2D eigenvalue weighted by Gasteiger charge is -2.18. The van der Waals surface area contributed by atoms with Crippen LogP contribution < -0.4 is 11.1 Å². The van der Waals surface area contributed by atoms with E-state index in [9.17, 15) is 9.59 Å². The molecule has 0 aromatic carbocycles. The van der Waals surface area contributed by atoms with Gasteiger partial charge in [-0.15, -0.1) is 0 Å². The average molecular weight is 216 g/mol. The lowest BCUT2D eigenvalue weighted by molar-refractivity contribution is -0.130. The minimum absolute atomic E-state index is 0.0417. The molecule has 3 N–H and O–H groups in total. The summed E-state index contributed by atoms with van der Waals surface area (Å²) in [5, 5.41) is 2.64. The van der Waals surface area contributed by atoms with Crippen LogP contribution in [0.5, 0.6) is 0 Å². The maximum absolute atomic E-state index is 11.2. The summed E-state index contributed by atoms with van der Waals surface area (Å²) in [6.45, 7) is 6.14. The average Bonchev–Trinajstić information content (AvgIpc) is 2.07. The monoisotopic (exact) mass is 216 g/mol. The molecule has 0 aromatic rings. The number of nitrogens with two attached hydrogens (primary N) is 1. The molecular weight excluding hydrogens is 196 g/mol. The van der Waals surface area contributed by atoms with E-state index in [2.05, 4.69) is 5.32 Å². The van der Waals surface area contributed by atoms with Crippen LogP contribution in [-0.2, 0) is 14.3 Å². The molecule has 0 spiro atoms. The number of hydrogen-bond acceptors (Lipinski definition) is 3. The molecule has 0 fully saturated rings. The van der Waals surface area contributed by atoms with Gasteiger partial charge in [-0.05, 0) is 27.2 Å². The van der Waals surface area contributed by atoms with E-state index < -0.39 is 0 Å². The molecule has 0 radical (unpaired) electrons. The van der Waals surface area contributed by atoms with Gasteiger partial charge in [0.15, 0.2) is 0 Å². The van der Waals surface area contributed by atoms with Gasteiger partial charge in [-0.25, -0.2) is 0 Å². The van der Waals surface area contributed by atoms with Gasteiger partial charge in [-0.1, -0.05) is 0 Å². The predicted molar refractivity (Wildman–Crippen MR) is 57.1 cm³/mol. The van der Waals surface area contributed by atoms with Crippen molar-refractivity contribution in [2.45, 2.75) is 39.2 Å². The molecule has 88 valence electrons. The summed E-state index contributed by atoms with van der Waals surface area (Å²) in [6.07, 6.45) is 0.858. The number of nitrogens with one attached hydrogen (secondary N) is 1. The lowest BCUT2D eigenvalue weighted by Crippen LogP contribution is -2.32. The third kappa shape index (κ3) is 10.8. The summed E-state index contributed by atoms with van der Waals surface area (Å²) in [6, 6.07) is 0. The van der Waals surface area contributed by atoms with E-state index in [1.807, 2.05) is 20.8 Å². The van der Waals surface area contributed by atoms with Crippen LogP contribution >= 0.6 is 0 Å². The molecule has 0 aliphatic rings. The molecule has 15 heavy (non-hydrogen) atoms. The Kier molecular flexibility index (Phi) is 5.93. The van der Waals surface area contributed by atoms with Gasteiger partial charge in [-0.3, -0.25) is 9.59 Å². The Hall–Kier alpha value is -1.10. The first-order valence-electron chi connectivity index (χ1n) is 5.00. The molecule has 0 saturated carbocycles. The quantitative estimate of drug-likeness (QED) is 0.621. The molecule has 0 bridgehead atoms. The fourth-order valence-corrected chi connectivity index (χ4v) is 0.824. The zero-order valence-electron chi connectivity index (χ0n) is 9.63. The Morgan fingerprint density at radius 2 is 1.93 bits per heavy atom. The first kappa shape index (κ1) is 13.9. The molecule has 0 aliphatic carbocycles. The molecule has 0 atom stereocenters.